The summed E-state index contributed by atoms with van der Waals surface area (Å²) in [5.74, 6) is -4.02. The molecule has 0 unspecified atom stereocenters. The van der Waals surface area contributed by atoms with Gasteiger partial charge in [0.15, 0.2) is 17.5 Å². The minimum atomic E-state index is -1.51. The summed E-state index contributed by atoms with van der Waals surface area (Å²) in [5.41, 5.74) is 2.80. The van der Waals surface area contributed by atoms with Gasteiger partial charge in [-0.25, -0.2) is 13.2 Å². The number of fused-ring (bicyclic) bond motifs is 1. The molecule has 2 nitrogen and oxygen atoms in total. The second kappa shape index (κ2) is 5.82. The highest BCUT2D eigenvalue weighted by Crippen LogP contribution is 2.46. The number of hydrogen-bond acceptors (Lipinski definition) is 2. The van der Waals surface area contributed by atoms with E-state index in [4.69, 9.17) is 0 Å². The van der Waals surface area contributed by atoms with Gasteiger partial charge >= 0.3 is 0 Å². The molecule has 0 aliphatic carbocycles. The number of aliphatic imine (C=N–C) groups is 1. The van der Waals surface area contributed by atoms with E-state index in [9.17, 15) is 13.2 Å². The van der Waals surface area contributed by atoms with E-state index in [1.54, 1.807) is 6.08 Å². The zero-order valence-electron chi connectivity index (χ0n) is 13.6. The van der Waals surface area contributed by atoms with Crippen molar-refractivity contribution in [1.82, 2.24) is 0 Å². The van der Waals surface area contributed by atoms with E-state index in [1.807, 2.05) is 30.1 Å². The maximum Gasteiger partial charge on any atom is 0.196 e. The number of halogens is 3. The number of allylic oxidation sites excluding steroid dienone is 2. The fourth-order valence-corrected chi connectivity index (χ4v) is 3.11. The number of hydrogen-bond donors (Lipinski definition) is 0. The van der Waals surface area contributed by atoms with Gasteiger partial charge in [0.1, 0.15) is 5.69 Å². The van der Waals surface area contributed by atoms with Crippen LogP contribution in [0.5, 0.6) is 0 Å². The van der Waals surface area contributed by atoms with Crippen molar-refractivity contribution in [3.8, 4) is 0 Å². The van der Waals surface area contributed by atoms with Gasteiger partial charge in [-0.15, -0.1) is 0 Å². The lowest BCUT2D eigenvalue weighted by atomic mass is 9.84. The number of anilines is 1. The van der Waals surface area contributed by atoms with Crippen LogP contribution in [0.4, 0.5) is 24.5 Å². The van der Waals surface area contributed by atoms with Gasteiger partial charge in [0.25, 0.3) is 0 Å². The molecule has 0 bridgehead atoms. The molecular weight excluding hydrogens is 313 g/mol. The van der Waals surface area contributed by atoms with Crippen molar-refractivity contribution < 1.29 is 13.2 Å². The molecule has 24 heavy (non-hydrogen) atoms. The molecule has 124 valence electrons. The highest BCUT2D eigenvalue weighted by atomic mass is 19.2. The van der Waals surface area contributed by atoms with Gasteiger partial charge in [0.2, 0.25) is 0 Å². The number of rotatable bonds is 2. The largest absolute Gasteiger partial charge is 0.347 e. The van der Waals surface area contributed by atoms with Crippen molar-refractivity contribution in [3.05, 3.63) is 71.2 Å². The Hall–Kier alpha value is -2.56. The smallest absolute Gasteiger partial charge is 0.196 e. The zero-order chi connectivity index (χ0) is 17.5. The van der Waals surface area contributed by atoms with Crippen LogP contribution in [0.1, 0.15) is 19.4 Å². The summed E-state index contributed by atoms with van der Waals surface area (Å²) < 4.78 is 39.8. The molecule has 1 heterocycles. The zero-order valence-corrected chi connectivity index (χ0v) is 13.6. The Kier molecular flexibility index (Phi) is 3.95. The standard InChI is InChI=1S/C19H17F3N2/c1-19(2)12-6-4-5-7-15(12)24(3)16(19)10-11-23-14-9-8-13(20)17(21)18(14)22/h4-11H,1-3H3/b16-10-,23-11?. The lowest BCUT2D eigenvalue weighted by Crippen LogP contribution is -2.23. The van der Waals surface area contributed by atoms with Gasteiger partial charge < -0.3 is 4.90 Å². The third-order valence-corrected chi connectivity index (χ3v) is 4.40. The van der Waals surface area contributed by atoms with Gasteiger partial charge in [0, 0.05) is 30.1 Å². The Balaban J connectivity index is 1.95. The molecule has 3 rings (SSSR count). The number of likely N-dealkylation sites (N-methyl/N-ethyl adjacent to an activating group) is 1. The molecule has 1 aliphatic rings. The molecule has 2 aromatic rings. The van der Waals surface area contributed by atoms with Crippen LogP contribution in [0.25, 0.3) is 0 Å². The van der Waals surface area contributed by atoms with Crippen molar-refractivity contribution in [2.24, 2.45) is 4.99 Å². The van der Waals surface area contributed by atoms with E-state index < -0.39 is 17.5 Å². The van der Waals surface area contributed by atoms with Crippen molar-refractivity contribution in [1.29, 1.82) is 0 Å². The summed E-state index contributed by atoms with van der Waals surface area (Å²) in [4.78, 5) is 5.97. The summed E-state index contributed by atoms with van der Waals surface area (Å²) in [7, 11) is 1.95. The molecule has 0 saturated heterocycles. The van der Waals surface area contributed by atoms with Crippen LogP contribution in [0, 0.1) is 17.5 Å². The molecule has 0 N–H and O–H groups in total. The Morgan fingerprint density at radius 1 is 1.00 bits per heavy atom. The molecular formula is C19H17F3N2. The summed E-state index contributed by atoms with van der Waals surface area (Å²) in [6.45, 7) is 4.18. The van der Waals surface area contributed by atoms with Crippen LogP contribution in [0.2, 0.25) is 0 Å². The highest BCUT2D eigenvalue weighted by Gasteiger charge is 2.37. The number of nitrogens with zero attached hydrogens (tertiary/aromatic N) is 2. The van der Waals surface area contributed by atoms with E-state index in [2.05, 4.69) is 24.9 Å². The van der Waals surface area contributed by atoms with Crippen LogP contribution < -0.4 is 4.90 Å². The van der Waals surface area contributed by atoms with E-state index in [0.29, 0.717) is 0 Å². The van der Waals surface area contributed by atoms with Crippen molar-refractivity contribution in [3.63, 3.8) is 0 Å². The monoisotopic (exact) mass is 330 g/mol. The maximum absolute atomic E-state index is 13.6. The lowest BCUT2D eigenvalue weighted by Gasteiger charge is -2.23. The fourth-order valence-electron chi connectivity index (χ4n) is 3.11. The first kappa shape index (κ1) is 16.3. The van der Waals surface area contributed by atoms with Crippen molar-refractivity contribution in [2.75, 3.05) is 11.9 Å². The molecule has 0 fully saturated rings. The van der Waals surface area contributed by atoms with E-state index in [1.165, 1.54) is 11.8 Å². The topological polar surface area (TPSA) is 15.6 Å². The summed E-state index contributed by atoms with van der Waals surface area (Å²) in [6, 6.07) is 10.0. The van der Waals surface area contributed by atoms with Crippen LogP contribution >= 0.6 is 0 Å². The fraction of sp³-hybridized carbons (Fsp3) is 0.211. The minimum Gasteiger partial charge on any atom is -0.347 e. The first-order valence-corrected chi connectivity index (χ1v) is 7.55. The second-order valence-corrected chi connectivity index (χ2v) is 6.23. The van der Waals surface area contributed by atoms with Crippen LogP contribution in [0.3, 0.4) is 0 Å². The van der Waals surface area contributed by atoms with Crippen LogP contribution in [0.15, 0.2) is 53.2 Å². The van der Waals surface area contributed by atoms with Gasteiger partial charge in [0.05, 0.1) is 0 Å². The Morgan fingerprint density at radius 3 is 2.42 bits per heavy atom. The third-order valence-electron chi connectivity index (χ3n) is 4.40. The molecule has 2 aromatic carbocycles. The first-order chi connectivity index (χ1) is 11.3. The van der Waals surface area contributed by atoms with Crippen molar-refractivity contribution >= 4 is 17.6 Å². The SMILES string of the molecule is CN1/C(=C\C=Nc2ccc(F)c(F)c2F)C(C)(C)c2ccccc21. The van der Waals surface area contributed by atoms with E-state index in [-0.39, 0.29) is 11.1 Å². The molecule has 0 radical (unpaired) electrons. The van der Waals surface area contributed by atoms with Gasteiger partial charge in [-0.3, -0.25) is 4.99 Å². The molecule has 1 aliphatic heterocycles. The van der Waals surface area contributed by atoms with Crippen LogP contribution in [-0.2, 0) is 5.41 Å². The Morgan fingerprint density at radius 2 is 1.71 bits per heavy atom. The van der Waals surface area contributed by atoms with E-state index in [0.717, 1.165) is 23.5 Å². The summed E-state index contributed by atoms with van der Waals surface area (Å²) in [6.07, 6.45) is 3.18. The Bertz CT molecular complexity index is 854. The first-order valence-electron chi connectivity index (χ1n) is 7.55. The average molecular weight is 330 g/mol. The van der Waals surface area contributed by atoms with E-state index >= 15 is 0 Å². The average Bonchev–Trinajstić information content (AvgIpc) is 2.76. The maximum atomic E-state index is 13.6. The minimum absolute atomic E-state index is 0.232. The van der Waals surface area contributed by atoms with Crippen molar-refractivity contribution in [2.45, 2.75) is 19.3 Å². The number of benzene rings is 2. The predicted octanol–water partition coefficient (Wildman–Crippen LogP) is 5.12. The third kappa shape index (κ3) is 2.50. The van der Waals surface area contributed by atoms with Crippen LogP contribution in [-0.4, -0.2) is 13.3 Å². The highest BCUT2D eigenvalue weighted by molar-refractivity contribution is 5.80. The second-order valence-electron chi connectivity index (χ2n) is 6.23. The normalized spacial score (nSPS) is 17.8. The van der Waals surface area contributed by atoms with Gasteiger partial charge in [-0.2, -0.15) is 0 Å². The summed E-state index contributed by atoms with van der Waals surface area (Å²) >= 11 is 0. The number of para-hydroxylation sites is 1. The molecule has 0 aromatic heterocycles. The molecule has 0 amide bonds. The quantitative estimate of drug-likeness (QED) is 0.551. The van der Waals surface area contributed by atoms with Gasteiger partial charge in [-0.1, -0.05) is 32.0 Å². The Labute approximate surface area is 138 Å². The lowest BCUT2D eigenvalue weighted by molar-refractivity contribution is 0.448. The van der Waals surface area contributed by atoms with Gasteiger partial charge in [-0.05, 0) is 29.8 Å². The summed E-state index contributed by atoms with van der Waals surface area (Å²) in [5, 5.41) is 0. The molecule has 0 spiro atoms. The molecule has 5 heteroatoms. The molecule has 0 saturated carbocycles. The predicted molar refractivity (Wildman–Crippen MR) is 90.4 cm³/mol. The molecule has 0 atom stereocenters.